The molecule has 0 saturated heterocycles. The van der Waals surface area contributed by atoms with Gasteiger partial charge >= 0.3 is 6.41 Å². The molecule has 0 aliphatic heterocycles. The molecule has 0 aromatic carbocycles. The summed E-state index contributed by atoms with van der Waals surface area (Å²) in [6.45, 7) is 2.67. The molecule has 1 heterocycles. The number of H-pyrrole nitrogens is 1. The number of carbonyl (C=O) groups excluding carboxylic acids is 1. The maximum absolute atomic E-state index is 10.3. The summed E-state index contributed by atoms with van der Waals surface area (Å²) in [7, 11) is 0. The van der Waals surface area contributed by atoms with Crippen molar-refractivity contribution in [3.05, 3.63) is 12.5 Å². The minimum atomic E-state index is 0.672. The molecule has 0 fully saturated rings. The van der Waals surface area contributed by atoms with Gasteiger partial charge in [0.25, 0.3) is 0 Å². The summed E-state index contributed by atoms with van der Waals surface area (Å²) in [4.78, 5) is 18.4. The molecule has 59 valence electrons. The smallest absolute Gasteiger partial charge is 0.318 e. The van der Waals surface area contributed by atoms with Crippen LogP contribution in [0.15, 0.2) is 12.5 Å². The number of anilines is 1. The van der Waals surface area contributed by atoms with Crippen molar-refractivity contribution in [2.24, 2.45) is 0 Å². The first-order chi connectivity index (χ1) is 5.38. The van der Waals surface area contributed by atoms with Crippen LogP contribution in [0.5, 0.6) is 0 Å². The van der Waals surface area contributed by atoms with Crippen molar-refractivity contribution in [2.45, 2.75) is 13.3 Å². The highest BCUT2D eigenvalue weighted by Crippen LogP contribution is 2.05. The molecule has 1 rings (SSSR count). The number of aromatic amines is 1. The first kappa shape index (κ1) is 7.78. The van der Waals surface area contributed by atoms with E-state index in [9.17, 15) is 4.79 Å². The zero-order valence-corrected chi connectivity index (χ0v) is 6.37. The number of amides is 1. The molecule has 4 heteroatoms. The highest BCUT2D eigenvalue weighted by atomic mass is 16.1. The quantitative estimate of drug-likeness (QED) is 0.645. The lowest BCUT2D eigenvalue weighted by molar-refractivity contribution is 0.550. The van der Waals surface area contributed by atoms with E-state index in [0.29, 0.717) is 12.4 Å². The van der Waals surface area contributed by atoms with Crippen LogP contribution in [0, 0.1) is 0 Å². The van der Waals surface area contributed by atoms with Crippen LogP contribution in [-0.4, -0.2) is 22.9 Å². The zero-order valence-electron chi connectivity index (χ0n) is 6.37. The topological polar surface area (TPSA) is 49.0 Å². The normalized spacial score (nSPS) is 9.55. The second kappa shape index (κ2) is 3.75. The number of nitrogens with zero attached hydrogens (tertiary/aromatic N) is 2. The molecule has 1 aromatic rings. The molecule has 11 heavy (non-hydrogen) atoms. The number of imidazole rings is 1. The second-order valence-electron chi connectivity index (χ2n) is 2.18. The third kappa shape index (κ3) is 1.80. The van der Waals surface area contributed by atoms with Gasteiger partial charge in [0.05, 0.1) is 12.5 Å². The second-order valence-corrected chi connectivity index (χ2v) is 2.18. The fourth-order valence-corrected chi connectivity index (χ4v) is 0.835. The van der Waals surface area contributed by atoms with E-state index in [4.69, 9.17) is 0 Å². The summed E-state index contributed by atoms with van der Waals surface area (Å²) in [6, 6.07) is 0. The summed E-state index contributed by atoms with van der Waals surface area (Å²) in [5, 5.41) is 0. The van der Waals surface area contributed by atoms with Gasteiger partial charge in [0.2, 0.25) is 0 Å². The molecule has 0 bridgehead atoms. The summed E-state index contributed by atoms with van der Waals surface area (Å²) in [5.74, 6) is 0.696. The van der Waals surface area contributed by atoms with Gasteiger partial charge in [0.15, 0.2) is 0 Å². The van der Waals surface area contributed by atoms with E-state index < -0.39 is 0 Å². The number of hydrogen-bond donors (Lipinski definition) is 1. The number of hydrogen-bond acceptors (Lipinski definition) is 2. The molecular weight excluding hydrogens is 142 g/mol. The zero-order chi connectivity index (χ0) is 8.10. The van der Waals surface area contributed by atoms with E-state index in [1.807, 2.05) is 13.3 Å². The van der Waals surface area contributed by atoms with E-state index in [2.05, 4.69) is 9.97 Å². The molecular formula is C7H10N3O. The number of rotatable bonds is 4. The van der Waals surface area contributed by atoms with Crippen molar-refractivity contribution in [2.75, 3.05) is 11.4 Å². The Bertz CT molecular complexity index is 207. The largest absolute Gasteiger partial charge is 0.331 e. The van der Waals surface area contributed by atoms with Crippen molar-refractivity contribution >= 4 is 12.2 Å². The summed E-state index contributed by atoms with van der Waals surface area (Å²) < 4.78 is 0. The Morgan fingerprint density at radius 3 is 3.09 bits per heavy atom. The summed E-state index contributed by atoms with van der Waals surface area (Å²) in [5.41, 5.74) is 0. The van der Waals surface area contributed by atoms with Gasteiger partial charge in [0.1, 0.15) is 5.82 Å². The third-order valence-electron chi connectivity index (χ3n) is 1.33. The van der Waals surface area contributed by atoms with Crippen molar-refractivity contribution in [3.63, 3.8) is 0 Å². The Labute approximate surface area is 65.2 Å². The minimum absolute atomic E-state index is 0.672. The van der Waals surface area contributed by atoms with Crippen LogP contribution in [0.3, 0.4) is 0 Å². The van der Waals surface area contributed by atoms with Gasteiger partial charge in [-0.15, -0.1) is 0 Å². The maximum atomic E-state index is 10.3. The average Bonchev–Trinajstić information content (AvgIpc) is 2.52. The van der Waals surface area contributed by atoms with Crippen LogP contribution >= 0.6 is 0 Å². The SMILES string of the molecule is CCCN([C]=O)c1cnc[nH]1. The molecule has 0 aliphatic carbocycles. The molecule has 0 saturated carbocycles. The summed E-state index contributed by atoms with van der Waals surface area (Å²) >= 11 is 0. The van der Waals surface area contributed by atoms with E-state index in [1.165, 1.54) is 11.2 Å². The summed E-state index contributed by atoms with van der Waals surface area (Å²) in [6.07, 6.45) is 5.86. The van der Waals surface area contributed by atoms with Crippen LogP contribution in [0.2, 0.25) is 0 Å². The highest BCUT2D eigenvalue weighted by Gasteiger charge is 2.04. The van der Waals surface area contributed by atoms with Crippen LogP contribution in [0.25, 0.3) is 0 Å². The lowest BCUT2D eigenvalue weighted by Gasteiger charge is -2.10. The molecule has 0 atom stereocenters. The molecule has 1 amide bonds. The molecule has 0 aliphatic rings. The first-order valence-electron chi connectivity index (χ1n) is 3.52. The van der Waals surface area contributed by atoms with Crippen molar-refractivity contribution in [1.82, 2.24) is 9.97 Å². The Morgan fingerprint density at radius 1 is 1.82 bits per heavy atom. The molecule has 1 radical (unpaired) electrons. The van der Waals surface area contributed by atoms with Crippen molar-refractivity contribution in [3.8, 4) is 0 Å². The Hall–Kier alpha value is -1.32. The molecule has 1 aromatic heterocycles. The van der Waals surface area contributed by atoms with Gasteiger partial charge in [-0.05, 0) is 6.42 Å². The maximum Gasteiger partial charge on any atom is 0.318 e. The van der Waals surface area contributed by atoms with Crippen LogP contribution in [0.4, 0.5) is 5.82 Å². The fourth-order valence-electron chi connectivity index (χ4n) is 0.835. The third-order valence-corrected chi connectivity index (χ3v) is 1.33. The Morgan fingerprint density at radius 2 is 2.64 bits per heavy atom. The lowest BCUT2D eigenvalue weighted by atomic mass is 10.4. The first-order valence-corrected chi connectivity index (χ1v) is 3.52. The van der Waals surface area contributed by atoms with Crippen molar-refractivity contribution in [1.29, 1.82) is 0 Å². The molecule has 0 unspecified atom stereocenters. The number of nitrogens with one attached hydrogen (secondary N) is 1. The Kier molecular flexibility index (Phi) is 2.66. The van der Waals surface area contributed by atoms with Crippen LogP contribution < -0.4 is 4.90 Å². The van der Waals surface area contributed by atoms with E-state index >= 15 is 0 Å². The van der Waals surface area contributed by atoms with Crippen molar-refractivity contribution < 1.29 is 4.79 Å². The van der Waals surface area contributed by atoms with Gasteiger partial charge in [-0.1, -0.05) is 6.92 Å². The number of aromatic nitrogens is 2. The molecule has 0 spiro atoms. The standard InChI is InChI=1S/C7H10N3O/c1-2-3-10(6-11)7-4-8-5-9-7/h4-5H,2-3H2,1H3,(H,8,9). The van der Waals surface area contributed by atoms with E-state index in [-0.39, 0.29) is 0 Å². The molecule has 1 N–H and O–H groups in total. The van der Waals surface area contributed by atoms with Gasteiger partial charge in [-0.3, -0.25) is 9.69 Å². The van der Waals surface area contributed by atoms with Crippen LogP contribution in [-0.2, 0) is 4.79 Å². The highest BCUT2D eigenvalue weighted by molar-refractivity contribution is 5.72. The fraction of sp³-hybridized carbons (Fsp3) is 0.429. The van der Waals surface area contributed by atoms with E-state index in [0.717, 1.165) is 6.42 Å². The van der Waals surface area contributed by atoms with E-state index in [1.54, 1.807) is 6.20 Å². The van der Waals surface area contributed by atoms with Gasteiger partial charge in [0, 0.05) is 6.54 Å². The monoisotopic (exact) mass is 152 g/mol. The van der Waals surface area contributed by atoms with Gasteiger partial charge < -0.3 is 4.98 Å². The predicted molar refractivity (Wildman–Crippen MR) is 41.9 cm³/mol. The lowest BCUT2D eigenvalue weighted by Crippen LogP contribution is -2.21. The predicted octanol–water partition coefficient (Wildman–Crippen LogP) is 0.693. The Balaban J connectivity index is 2.63. The molecule has 4 nitrogen and oxygen atoms in total. The van der Waals surface area contributed by atoms with Crippen LogP contribution in [0.1, 0.15) is 13.3 Å². The minimum Gasteiger partial charge on any atom is -0.331 e. The van der Waals surface area contributed by atoms with Gasteiger partial charge in [-0.2, -0.15) is 0 Å². The average molecular weight is 152 g/mol. The van der Waals surface area contributed by atoms with Gasteiger partial charge in [-0.25, -0.2) is 4.98 Å².